The number of carbonyl (C=O) groups is 1. The van der Waals surface area contributed by atoms with Crippen molar-refractivity contribution < 1.29 is 72.0 Å². The van der Waals surface area contributed by atoms with Crippen molar-refractivity contribution in [2.45, 2.75) is 52.3 Å². The van der Waals surface area contributed by atoms with Crippen LogP contribution in [0, 0.1) is 50.6 Å². The Labute approximate surface area is 710 Å². The molecule has 1 unspecified atom stereocenters. The normalized spacial score (nSPS) is 13.1. The van der Waals surface area contributed by atoms with Gasteiger partial charge in [0.2, 0.25) is 0 Å². The van der Waals surface area contributed by atoms with E-state index in [4.69, 9.17) is 101 Å². The molecular formula is C63H66IN15O20P4S11. The Morgan fingerprint density at radius 2 is 1.02 bits per heavy atom. The molecule has 6 aliphatic heterocycles. The molecule has 606 valence electrons. The van der Waals surface area contributed by atoms with Crippen molar-refractivity contribution >= 4 is 240 Å². The number of nitro groups is 5. The van der Waals surface area contributed by atoms with Crippen LogP contribution in [0.4, 0.5) is 56.9 Å². The number of amides is 1. The highest BCUT2D eigenvalue weighted by Gasteiger charge is 2.24. The van der Waals surface area contributed by atoms with Crippen LogP contribution in [0.15, 0.2) is 144 Å². The first-order valence-corrected chi connectivity index (χ1v) is 52.9. The number of non-ortho nitro benzene ring substituents is 5. The molecule has 14 rings (SSSR count). The van der Waals surface area contributed by atoms with Crippen LogP contribution in [-0.4, -0.2) is 138 Å². The highest BCUT2D eigenvalue weighted by Crippen LogP contribution is 2.69. The Bertz CT molecular complexity index is 5160. The summed E-state index contributed by atoms with van der Waals surface area (Å²) < 4.78 is 50.5. The number of alkyl halides is 1. The summed E-state index contributed by atoms with van der Waals surface area (Å²) in [5, 5.41) is 58.1. The molecule has 0 radical (unpaired) electrons. The number of nitro benzene ring substituents is 5. The number of imidazole rings is 2. The summed E-state index contributed by atoms with van der Waals surface area (Å²) in [7, 11) is 20.0. The average molecular weight is 1960 g/mol. The van der Waals surface area contributed by atoms with Crippen LogP contribution in [0.25, 0.3) is 11.4 Å². The van der Waals surface area contributed by atoms with Crippen LogP contribution in [0.1, 0.15) is 38.3 Å². The van der Waals surface area contributed by atoms with E-state index in [1.54, 1.807) is 113 Å². The molecule has 2 aromatic heterocycles. The summed E-state index contributed by atoms with van der Waals surface area (Å²) in [5.41, 5.74) is 16.9. The summed E-state index contributed by atoms with van der Waals surface area (Å²) in [6, 6.07) is 27.4. The predicted octanol–water partition coefficient (Wildman–Crippen LogP) is 14.7. The summed E-state index contributed by atoms with van der Waals surface area (Å²) in [5.74, 6) is 5.06. The predicted molar refractivity (Wildman–Crippen MR) is 480 cm³/mol. The smallest absolute Gasteiger partial charge is 0.271 e. The summed E-state index contributed by atoms with van der Waals surface area (Å²) in [6.07, 6.45) is 8.62. The zero-order chi connectivity index (χ0) is 83.2. The number of aliphatic imine (C=N–C) groups is 2. The number of thiocarbonyl (C=S) groups is 1. The van der Waals surface area contributed by atoms with Gasteiger partial charge in [-0.05, 0) is 154 Å². The fourth-order valence-electron chi connectivity index (χ4n) is 9.24. The van der Waals surface area contributed by atoms with Gasteiger partial charge in [-0.3, -0.25) is 74.5 Å². The number of anilines is 3. The molecule has 51 heteroatoms. The first-order chi connectivity index (χ1) is 54.9. The van der Waals surface area contributed by atoms with E-state index < -0.39 is 24.6 Å². The molecule has 0 fully saturated rings. The fourth-order valence-corrected chi connectivity index (χ4v) is 44.7. The second-order valence-corrected chi connectivity index (χ2v) is 48.2. The molecule has 1 amide bonds. The number of methoxy groups -OCH3 is 3. The van der Waals surface area contributed by atoms with Crippen LogP contribution in [0.2, 0.25) is 0 Å². The van der Waals surface area contributed by atoms with Gasteiger partial charge in [0.1, 0.15) is 83.9 Å². The Kier molecular flexibility index (Phi) is 42.1. The van der Waals surface area contributed by atoms with Gasteiger partial charge in [0, 0.05) is 140 Å². The lowest BCUT2D eigenvalue weighted by atomic mass is 10.1. The number of rotatable bonds is 15. The van der Waals surface area contributed by atoms with Gasteiger partial charge in [0.05, 0.1) is 71.9 Å². The topological polar surface area (TPSA) is 452 Å². The number of benzene rings is 6. The third-order valence-electron chi connectivity index (χ3n) is 14.5. The van der Waals surface area contributed by atoms with E-state index in [1.807, 2.05) is 57.2 Å². The van der Waals surface area contributed by atoms with E-state index in [0.717, 1.165) is 67.1 Å². The largest absolute Gasteiger partial charge is 0.485 e. The van der Waals surface area contributed by atoms with Crippen LogP contribution < -0.4 is 50.5 Å². The van der Waals surface area contributed by atoms with E-state index in [-0.39, 0.29) is 60.3 Å². The van der Waals surface area contributed by atoms with Crippen molar-refractivity contribution in [3.8, 4) is 45.9 Å². The maximum atomic E-state index is 10.9. The third kappa shape index (κ3) is 30.6. The Morgan fingerprint density at radius 3 is 1.52 bits per heavy atom. The first kappa shape index (κ1) is 95.0. The summed E-state index contributed by atoms with van der Waals surface area (Å²) >= 11 is 21.7. The number of ether oxygens (including phenoxy) is 9. The highest BCUT2D eigenvalue weighted by molar-refractivity contribution is 14.1. The summed E-state index contributed by atoms with van der Waals surface area (Å²) in [6.45, 7) is 6.12. The molecule has 6 aromatic carbocycles. The Hall–Kier alpha value is -7.86. The van der Waals surface area contributed by atoms with Gasteiger partial charge < -0.3 is 64.7 Å². The molecule has 0 spiro atoms. The number of hydrogen-bond acceptors (Lipinski definition) is 30. The van der Waals surface area contributed by atoms with E-state index in [2.05, 4.69) is 53.2 Å². The van der Waals surface area contributed by atoms with Crippen LogP contribution >= 0.6 is 62.9 Å². The quantitative estimate of drug-likeness (QED) is 0.0108. The molecule has 8 aromatic rings. The molecule has 0 bridgehead atoms. The number of halogens is 1. The van der Waals surface area contributed by atoms with E-state index in [1.165, 1.54) is 82.7 Å². The highest BCUT2D eigenvalue weighted by atomic mass is 127. The minimum Gasteiger partial charge on any atom is -0.485 e. The van der Waals surface area contributed by atoms with E-state index in [0.29, 0.717) is 102 Å². The van der Waals surface area contributed by atoms with Gasteiger partial charge in [0.15, 0.2) is 24.5 Å². The molecule has 114 heavy (non-hydrogen) atoms. The first-order valence-electron chi connectivity index (χ1n) is 31.9. The lowest BCUT2D eigenvalue weighted by Crippen LogP contribution is -2.25. The number of aromatic nitrogens is 4. The van der Waals surface area contributed by atoms with Crippen LogP contribution in [0.5, 0.6) is 34.5 Å². The zero-order valence-corrected chi connectivity index (χ0v) is 74.8. The van der Waals surface area contributed by atoms with Crippen molar-refractivity contribution in [2.24, 2.45) is 15.7 Å². The van der Waals surface area contributed by atoms with Crippen molar-refractivity contribution in [1.29, 1.82) is 0 Å². The van der Waals surface area contributed by atoms with Gasteiger partial charge in [-0.1, -0.05) is 58.4 Å². The van der Waals surface area contributed by atoms with E-state index in [9.17, 15) is 55.4 Å². The number of fused-ring (bicyclic) bond motifs is 10. The summed E-state index contributed by atoms with van der Waals surface area (Å²) in [4.78, 5) is 80.8. The number of nitrogens with zero attached hydrogens (tertiary/aromatic N) is 11. The SMILES string of the molecule is CC1=Nc2cc([N+](=O)[O-])ccc2OC1.CI.COC(C)CCC1=Nc2cc([N+](=O)[O-])ccc2OC1.COC(CN)OC.Nc1ccc2c(c1)-n1ccnc1CO2.O=C1COc2ccc([N+](=O)[O-])cc2N1.O=[N+]([O-])c1ccc2c(c1)-n1ccnc1CO2.O=[N+]([O-])c1ccc2c(c1)NC(=S)CO2.S=PP(P=S)P=S=S=S=S=S=S=S=S. The molecule has 35 nitrogen and oxygen atoms in total. The van der Waals surface area contributed by atoms with Gasteiger partial charge in [-0.25, -0.2) is 9.97 Å². The molecule has 6 N–H and O–H groups in total. The average Bonchev–Trinajstić information content (AvgIpc) is 1.59. The second-order valence-electron chi connectivity index (χ2n) is 21.8. The van der Waals surface area contributed by atoms with Crippen molar-refractivity contribution in [2.75, 3.05) is 75.6 Å². The lowest BCUT2D eigenvalue weighted by molar-refractivity contribution is -0.385. The molecule has 0 saturated heterocycles. The molecule has 0 saturated carbocycles. The molecule has 1 atom stereocenters. The van der Waals surface area contributed by atoms with Crippen molar-refractivity contribution in [1.82, 2.24) is 19.1 Å². The molecule has 0 aliphatic carbocycles. The number of nitrogens with one attached hydrogen (secondary N) is 2. The minimum atomic E-state index is -0.527. The number of nitrogen functional groups attached to an aromatic ring is 1. The van der Waals surface area contributed by atoms with Crippen LogP contribution in [0.3, 0.4) is 0 Å². The fraction of sp³-hybridized carbons (Fsp3) is 0.270. The third-order valence-corrected chi connectivity index (χ3v) is 48.5. The molecule has 6 aliphatic rings. The second kappa shape index (κ2) is 50.6. The lowest BCUT2D eigenvalue weighted by Gasteiger charge is -2.19. The zero-order valence-electron chi connectivity index (χ0n) is 60.1. The van der Waals surface area contributed by atoms with E-state index >= 15 is 0 Å². The van der Waals surface area contributed by atoms with Gasteiger partial charge in [-0.15, -0.1) is 0 Å². The standard InChI is InChI=1S/C13H16N2O4.C10H7N3O3.C10H9N3O.C9H8N2O3.C8H6N2O4.C8H6N2O3S.C4H11NO2.CH3I.P4S10/c1-9(18-2)3-4-10-8-19-13-6-5-11(15(16)17)7-12(13)14-10;14-13(15)7-1-2-9-8(5-7)12-4-3-11-10(12)6-16-9;11-7-1-2-9-8(5-7)13-4-3-12-10(13)6-14-9;1-6-5-14-9-3-2-7(11(12)13)4-8(9)10-6;11-8-4-14-7-2-1-5(10(12)13)3-6(7)9-8;11-10(12)5-1-2-7-6(3-5)9-8(14)4-13-7;1-6-4(3-5)7-2;1-2;5-1-4(2-6)3-8-10-12-14-13-11-9-7/h5-7,9H,3-4,8H2,1-2H3;1-5H,6H2;1-5H,6,11H2;2-4H,5H2,1H3;1-3H,4H2,(H,9,11);1-3H,4H2,(H,9,14);4H,3,5H2,1-2H3;1H3;. The van der Waals surface area contributed by atoms with Gasteiger partial charge in [-0.2, -0.15) is 0 Å². The Balaban J connectivity index is 0.000000204. The molecular weight excluding hydrogens is 1890 g/mol. The molecule has 8 heterocycles. The number of nitrogens with two attached hydrogens (primary N) is 2. The Morgan fingerprint density at radius 1 is 0.579 bits per heavy atom. The minimum absolute atomic E-state index is 0.0181. The monoisotopic (exact) mass is 1950 g/mol. The number of hydrogen-bond donors (Lipinski definition) is 4. The number of carbonyl (C=O) groups excluding carboxylic acids is 1. The van der Waals surface area contributed by atoms with Crippen molar-refractivity contribution in [3.63, 3.8) is 0 Å². The maximum Gasteiger partial charge on any atom is 0.271 e. The van der Waals surface area contributed by atoms with Gasteiger partial charge >= 0.3 is 0 Å². The van der Waals surface area contributed by atoms with Crippen LogP contribution in [-0.2, 0) is 130 Å². The van der Waals surface area contributed by atoms with Crippen molar-refractivity contribution in [3.05, 3.63) is 196 Å². The van der Waals surface area contributed by atoms with Gasteiger partial charge in [0.25, 0.3) is 34.3 Å². The maximum absolute atomic E-state index is 10.9.